The minimum absolute atomic E-state index is 0.0344. The maximum Gasteiger partial charge on any atom is 0.488 e. The Bertz CT molecular complexity index is 2840. The molecule has 66 heavy (non-hydrogen) atoms. The molecule has 0 aromatic heterocycles. The van der Waals surface area contributed by atoms with Crippen LogP contribution in [-0.2, 0) is 20.4 Å². The number of ether oxygens (including phenoxy) is 4. The van der Waals surface area contributed by atoms with Gasteiger partial charge in [0.15, 0.2) is 23.0 Å². The van der Waals surface area contributed by atoms with Crippen molar-refractivity contribution in [2.75, 3.05) is 24.2 Å². The standard InChI is InChI=1S/C25H21NO5.C18H16BrNO3.C7H7BO4/c1-15-2-8-19(13-20(15)16-3-5-17(6-4-16)23(27)28)26-24(29)25(10-11-25)18-7-9-21-22(12-18)31-14-30-21;1-11-2-4-13(9-14(11)19)20-17(21)18(6-7-18)12-3-5-15-16(8-12)23-10-22-15;9-7(10)5-1-3-6(4-2-5)8(11)12/h2-9,12-13H,10-11,14H2,1H3,(H,26,29)(H,27,28);2-5,8-9H,6-7,10H2,1H3,(H,20,21);1-4,11-12H,(H,9,10). The van der Waals surface area contributed by atoms with Gasteiger partial charge in [-0.05, 0) is 151 Å². The van der Waals surface area contributed by atoms with E-state index in [-0.39, 0.29) is 42.0 Å². The summed E-state index contributed by atoms with van der Waals surface area (Å²) in [5.41, 5.74) is 7.12. The molecule has 6 aromatic carbocycles. The number of aryl methyl sites for hydroxylation is 2. The number of nitrogens with one attached hydrogen (secondary N) is 2. The van der Waals surface area contributed by atoms with Crippen LogP contribution >= 0.6 is 15.9 Å². The van der Waals surface area contributed by atoms with Crippen LogP contribution in [0.15, 0.2) is 126 Å². The van der Waals surface area contributed by atoms with Crippen molar-refractivity contribution in [3.8, 4) is 34.1 Å². The average Bonchev–Trinajstić information content (AvgIpc) is 4.21. The topological polar surface area (TPSA) is 210 Å². The molecule has 10 rings (SSSR count). The summed E-state index contributed by atoms with van der Waals surface area (Å²) in [6.07, 6.45) is 3.28. The van der Waals surface area contributed by atoms with Crippen LogP contribution in [-0.4, -0.2) is 64.7 Å². The Morgan fingerprint density at radius 1 is 0.545 bits per heavy atom. The first kappa shape index (κ1) is 45.4. The Balaban J connectivity index is 0.000000148. The van der Waals surface area contributed by atoms with E-state index >= 15 is 0 Å². The summed E-state index contributed by atoms with van der Waals surface area (Å²) in [4.78, 5) is 47.5. The van der Waals surface area contributed by atoms with Gasteiger partial charge < -0.3 is 49.8 Å². The third kappa shape index (κ3) is 9.76. The van der Waals surface area contributed by atoms with Crippen LogP contribution in [0.25, 0.3) is 11.1 Å². The van der Waals surface area contributed by atoms with Crippen molar-refractivity contribution in [2.45, 2.75) is 50.4 Å². The van der Waals surface area contributed by atoms with Gasteiger partial charge in [0.25, 0.3) is 0 Å². The second-order valence-electron chi connectivity index (χ2n) is 16.4. The van der Waals surface area contributed by atoms with E-state index in [0.717, 1.165) is 80.7 Å². The molecule has 16 heteroatoms. The number of carboxylic acid groups (broad SMARTS) is 2. The second-order valence-corrected chi connectivity index (χ2v) is 17.2. The van der Waals surface area contributed by atoms with Crippen LogP contribution in [0.2, 0.25) is 0 Å². The van der Waals surface area contributed by atoms with Gasteiger partial charge in [-0.1, -0.05) is 64.5 Å². The number of rotatable bonds is 10. The molecule has 336 valence electrons. The second kappa shape index (κ2) is 18.8. The van der Waals surface area contributed by atoms with Gasteiger partial charge >= 0.3 is 19.1 Å². The number of amides is 2. The van der Waals surface area contributed by atoms with Crippen LogP contribution < -0.4 is 35.0 Å². The lowest BCUT2D eigenvalue weighted by molar-refractivity contribution is -0.119. The Kier molecular flexibility index (Phi) is 12.9. The number of aromatic carboxylic acids is 2. The van der Waals surface area contributed by atoms with E-state index in [1.54, 1.807) is 24.3 Å². The number of fused-ring (bicyclic) bond motifs is 2. The largest absolute Gasteiger partial charge is 0.488 e. The van der Waals surface area contributed by atoms with Gasteiger partial charge in [-0.3, -0.25) is 9.59 Å². The molecule has 6 aromatic rings. The van der Waals surface area contributed by atoms with Crippen LogP contribution in [0, 0.1) is 13.8 Å². The predicted molar refractivity (Wildman–Crippen MR) is 250 cm³/mol. The summed E-state index contributed by atoms with van der Waals surface area (Å²) >= 11 is 3.50. The number of hydrogen-bond donors (Lipinski definition) is 6. The molecular formula is C50H44BBrN2O12. The van der Waals surface area contributed by atoms with Gasteiger partial charge in [0.2, 0.25) is 25.4 Å². The molecular weight excluding hydrogens is 911 g/mol. The number of carboxylic acids is 2. The molecule has 0 spiro atoms. The molecule has 0 saturated heterocycles. The van der Waals surface area contributed by atoms with Crippen LogP contribution in [0.1, 0.15) is 68.7 Å². The lowest BCUT2D eigenvalue weighted by atomic mass is 9.80. The number of carbonyl (C=O) groups excluding carboxylic acids is 2. The monoisotopic (exact) mass is 954 g/mol. The van der Waals surface area contributed by atoms with Gasteiger partial charge in [-0.25, -0.2) is 9.59 Å². The van der Waals surface area contributed by atoms with Gasteiger partial charge in [0, 0.05) is 15.8 Å². The highest BCUT2D eigenvalue weighted by molar-refractivity contribution is 9.10. The number of anilines is 2. The highest BCUT2D eigenvalue weighted by Crippen LogP contribution is 2.52. The van der Waals surface area contributed by atoms with Crippen LogP contribution in [0.3, 0.4) is 0 Å². The fourth-order valence-electron chi connectivity index (χ4n) is 7.71. The molecule has 2 aliphatic carbocycles. The third-order valence-electron chi connectivity index (χ3n) is 12.0. The summed E-state index contributed by atoms with van der Waals surface area (Å²) < 4.78 is 22.6. The van der Waals surface area contributed by atoms with Gasteiger partial charge in [-0.2, -0.15) is 0 Å². The summed E-state index contributed by atoms with van der Waals surface area (Å²) in [7, 11) is -1.55. The van der Waals surface area contributed by atoms with Gasteiger partial charge in [0.1, 0.15) is 0 Å². The molecule has 0 unspecified atom stereocenters. The number of benzene rings is 6. The highest BCUT2D eigenvalue weighted by Gasteiger charge is 2.52. The van der Waals surface area contributed by atoms with Crippen molar-refractivity contribution in [1.29, 1.82) is 0 Å². The first-order valence-electron chi connectivity index (χ1n) is 21.0. The summed E-state index contributed by atoms with van der Waals surface area (Å²) in [6.45, 7) is 4.46. The lowest BCUT2D eigenvalue weighted by Crippen LogP contribution is -2.29. The van der Waals surface area contributed by atoms with Crippen molar-refractivity contribution in [1.82, 2.24) is 0 Å². The molecule has 14 nitrogen and oxygen atoms in total. The van der Waals surface area contributed by atoms with E-state index in [1.165, 1.54) is 24.3 Å². The van der Waals surface area contributed by atoms with E-state index in [2.05, 4.69) is 26.6 Å². The zero-order valence-corrected chi connectivity index (χ0v) is 37.4. The lowest BCUT2D eigenvalue weighted by Gasteiger charge is -2.17. The molecule has 2 aliphatic heterocycles. The molecule has 0 atom stereocenters. The van der Waals surface area contributed by atoms with Gasteiger partial charge in [0.05, 0.1) is 22.0 Å². The fourth-order valence-corrected chi connectivity index (χ4v) is 8.08. The summed E-state index contributed by atoms with van der Waals surface area (Å²) in [6, 6.07) is 35.2. The maximum atomic E-state index is 13.2. The highest BCUT2D eigenvalue weighted by atomic mass is 79.9. The summed E-state index contributed by atoms with van der Waals surface area (Å²) in [5.74, 6) is 0.856. The number of halogens is 1. The molecule has 0 bridgehead atoms. The zero-order chi connectivity index (χ0) is 46.8. The Morgan fingerprint density at radius 3 is 1.42 bits per heavy atom. The summed E-state index contributed by atoms with van der Waals surface area (Å²) in [5, 5.41) is 41.0. The SMILES string of the molecule is Cc1ccc(NC(=O)C2(c3ccc4c(c3)OCO4)CC2)cc1-c1ccc(C(=O)O)cc1.Cc1ccc(NC(=O)C2(c3ccc4c(c3)OCO4)CC2)cc1Br.O=C(O)c1ccc(B(O)O)cc1. The molecule has 0 radical (unpaired) electrons. The van der Waals surface area contributed by atoms with E-state index in [1.807, 2.05) is 86.6 Å². The molecule has 4 aliphatic rings. The molecule has 6 N–H and O–H groups in total. The van der Waals surface area contributed by atoms with Crippen molar-refractivity contribution in [3.05, 3.63) is 159 Å². The fraction of sp³-hybridized carbons (Fsp3) is 0.200. The zero-order valence-electron chi connectivity index (χ0n) is 35.8. The van der Waals surface area contributed by atoms with Gasteiger partial charge in [-0.15, -0.1) is 0 Å². The minimum atomic E-state index is -1.55. The first-order chi connectivity index (χ1) is 31.7. The smallest absolute Gasteiger partial charge is 0.478 e. The van der Waals surface area contributed by atoms with E-state index in [9.17, 15) is 19.2 Å². The predicted octanol–water partition coefficient (Wildman–Crippen LogP) is 7.98. The normalized spacial score (nSPS) is 14.9. The first-order valence-corrected chi connectivity index (χ1v) is 21.8. The Labute approximate surface area is 388 Å². The van der Waals surface area contributed by atoms with Crippen molar-refractivity contribution < 1.29 is 58.4 Å². The Morgan fingerprint density at radius 2 is 0.985 bits per heavy atom. The van der Waals surface area contributed by atoms with E-state index in [0.29, 0.717) is 17.2 Å². The maximum absolute atomic E-state index is 13.2. The average molecular weight is 956 g/mol. The van der Waals surface area contributed by atoms with E-state index in [4.69, 9.17) is 39.2 Å². The van der Waals surface area contributed by atoms with Crippen LogP contribution in [0.5, 0.6) is 23.0 Å². The molecule has 2 amide bonds. The third-order valence-corrected chi connectivity index (χ3v) is 12.9. The van der Waals surface area contributed by atoms with Crippen molar-refractivity contribution >= 4 is 63.6 Å². The van der Waals surface area contributed by atoms with Crippen molar-refractivity contribution in [3.63, 3.8) is 0 Å². The molecule has 2 fully saturated rings. The Hall–Kier alpha value is -7.14. The minimum Gasteiger partial charge on any atom is -0.478 e. The van der Waals surface area contributed by atoms with Crippen LogP contribution in [0.4, 0.5) is 11.4 Å². The van der Waals surface area contributed by atoms with Crippen molar-refractivity contribution in [2.24, 2.45) is 0 Å². The quantitative estimate of drug-likeness (QED) is 0.0723. The van der Waals surface area contributed by atoms with E-state index < -0.39 is 29.9 Å². The molecule has 2 heterocycles. The number of hydrogen-bond acceptors (Lipinski definition) is 10. The number of carbonyl (C=O) groups is 4. The molecule has 2 saturated carbocycles.